The Morgan fingerprint density at radius 3 is 2.57 bits per heavy atom. The van der Waals surface area contributed by atoms with Crippen LogP contribution in [-0.4, -0.2) is 68.5 Å². The van der Waals surface area contributed by atoms with E-state index in [4.69, 9.17) is 0 Å². The van der Waals surface area contributed by atoms with Gasteiger partial charge in [-0.15, -0.1) is 0 Å². The molecule has 1 aliphatic rings. The minimum absolute atomic E-state index is 0.0268. The summed E-state index contributed by atoms with van der Waals surface area (Å²) in [6.07, 6.45) is -4.82. The van der Waals surface area contributed by atoms with Gasteiger partial charge in [0.15, 0.2) is 5.65 Å². The highest BCUT2D eigenvalue weighted by Crippen LogP contribution is 2.35. The van der Waals surface area contributed by atoms with Crippen LogP contribution in [0.4, 0.5) is 27.6 Å². The molecule has 0 unspecified atom stereocenters. The predicted molar refractivity (Wildman–Crippen MR) is 145 cm³/mol. The van der Waals surface area contributed by atoms with Gasteiger partial charge in [0.1, 0.15) is 11.4 Å². The van der Waals surface area contributed by atoms with Gasteiger partial charge >= 0.3 is 6.18 Å². The molecule has 0 atom stereocenters. The summed E-state index contributed by atoms with van der Waals surface area (Å²) >= 11 is 0. The number of aryl methyl sites for hydroxylation is 1. The molecule has 4 heterocycles. The Morgan fingerprint density at radius 1 is 1.10 bits per heavy atom. The Bertz CT molecular complexity index is 1680. The molecular formula is C29H26F5N7O. The third kappa shape index (κ3) is 6.40. The Hall–Kier alpha value is -4.41. The molecule has 8 nitrogen and oxygen atoms in total. The van der Waals surface area contributed by atoms with Crippen LogP contribution in [0.1, 0.15) is 50.6 Å². The number of anilines is 1. The van der Waals surface area contributed by atoms with E-state index in [9.17, 15) is 26.7 Å². The topological polar surface area (TPSA) is 78.7 Å². The number of rotatable bonds is 5. The van der Waals surface area contributed by atoms with E-state index in [1.54, 1.807) is 13.0 Å². The largest absolute Gasteiger partial charge is 0.416 e. The van der Waals surface area contributed by atoms with Crippen LogP contribution in [0, 0.1) is 18.8 Å². The number of nitrogens with zero attached hydrogens (tertiary/aromatic N) is 6. The van der Waals surface area contributed by atoms with E-state index in [1.165, 1.54) is 41.2 Å². The fourth-order valence-electron chi connectivity index (χ4n) is 4.59. The zero-order valence-electron chi connectivity index (χ0n) is 22.7. The number of carbonyl (C=O) groups excluding carboxylic acids is 1. The number of hydrogen-bond acceptors (Lipinski definition) is 6. The fourth-order valence-corrected chi connectivity index (χ4v) is 4.59. The van der Waals surface area contributed by atoms with Gasteiger partial charge in [0.05, 0.1) is 16.8 Å². The van der Waals surface area contributed by atoms with Crippen LogP contribution >= 0.6 is 0 Å². The maximum atomic E-state index is 14.0. The molecule has 1 aliphatic heterocycles. The molecule has 1 amide bonds. The third-order valence-corrected chi connectivity index (χ3v) is 6.95. The zero-order chi connectivity index (χ0) is 30.0. The highest BCUT2D eigenvalue weighted by atomic mass is 19.4. The first-order valence-electron chi connectivity index (χ1n) is 13.0. The summed E-state index contributed by atoms with van der Waals surface area (Å²) < 4.78 is 70.3. The van der Waals surface area contributed by atoms with Crippen molar-refractivity contribution < 1.29 is 26.7 Å². The molecule has 1 N–H and O–H groups in total. The summed E-state index contributed by atoms with van der Waals surface area (Å²) in [5, 5.41) is 6.53. The van der Waals surface area contributed by atoms with Gasteiger partial charge in [0, 0.05) is 56.4 Å². The molecule has 13 heteroatoms. The van der Waals surface area contributed by atoms with Gasteiger partial charge in [0.25, 0.3) is 12.3 Å². The molecule has 1 saturated heterocycles. The second-order valence-electron chi connectivity index (χ2n) is 9.95. The standard InChI is InChI=1S/C29H26F5N7O/c1-18-19(6-8-24-26(27(30)31)38-25-4-3-9-36-41(24)25)14-21(16-35-18)28(42)37-22-7-5-20(23(15-22)29(32,33)34)17-40-12-10-39(2)11-13-40/h3-5,7,9,14-16,27H,10-13,17H2,1-2H3,(H,37,42). The summed E-state index contributed by atoms with van der Waals surface area (Å²) in [6.45, 7) is 4.65. The maximum absolute atomic E-state index is 14.0. The summed E-state index contributed by atoms with van der Waals surface area (Å²) in [4.78, 5) is 25.1. The zero-order valence-corrected chi connectivity index (χ0v) is 22.7. The number of fused-ring (bicyclic) bond motifs is 1. The van der Waals surface area contributed by atoms with Gasteiger partial charge in [-0.1, -0.05) is 12.0 Å². The molecule has 42 heavy (non-hydrogen) atoms. The fraction of sp³-hybridized carbons (Fsp3) is 0.310. The second kappa shape index (κ2) is 11.8. The van der Waals surface area contributed by atoms with Gasteiger partial charge < -0.3 is 10.2 Å². The van der Waals surface area contributed by atoms with Gasteiger partial charge in [-0.3, -0.25) is 14.7 Å². The molecular weight excluding hydrogens is 557 g/mol. The number of imidazole rings is 1. The van der Waals surface area contributed by atoms with Crippen LogP contribution in [0.5, 0.6) is 0 Å². The SMILES string of the molecule is Cc1ncc(C(=O)Nc2ccc(CN3CCN(C)CC3)c(C(F)(F)F)c2)cc1C#Cc1c(C(F)F)nc2cccnn12. The summed E-state index contributed by atoms with van der Waals surface area (Å²) in [5.41, 5.74) is -0.420. The van der Waals surface area contributed by atoms with Gasteiger partial charge in [-0.05, 0) is 55.8 Å². The maximum Gasteiger partial charge on any atom is 0.416 e. The number of aromatic nitrogens is 4. The number of amides is 1. The molecule has 3 aromatic heterocycles. The number of piperazine rings is 1. The van der Waals surface area contributed by atoms with Crippen LogP contribution < -0.4 is 5.32 Å². The van der Waals surface area contributed by atoms with Crippen LogP contribution in [0.2, 0.25) is 0 Å². The van der Waals surface area contributed by atoms with Crippen molar-refractivity contribution in [1.82, 2.24) is 29.4 Å². The first-order chi connectivity index (χ1) is 20.0. The van der Waals surface area contributed by atoms with Crippen molar-refractivity contribution in [2.75, 3.05) is 38.5 Å². The number of carbonyl (C=O) groups is 1. The summed E-state index contributed by atoms with van der Waals surface area (Å²) in [6, 6.07) is 8.22. The Morgan fingerprint density at radius 2 is 1.86 bits per heavy atom. The van der Waals surface area contributed by atoms with Crippen LogP contribution in [-0.2, 0) is 12.7 Å². The number of alkyl halides is 5. The minimum Gasteiger partial charge on any atom is -0.322 e. The van der Waals surface area contributed by atoms with E-state index in [2.05, 4.69) is 37.1 Å². The van der Waals surface area contributed by atoms with Crippen molar-refractivity contribution >= 4 is 17.2 Å². The number of halogens is 5. The highest BCUT2D eigenvalue weighted by molar-refractivity contribution is 6.04. The number of pyridine rings is 1. The van der Waals surface area contributed by atoms with Gasteiger partial charge in [-0.2, -0.15) is 18.3 Å². The lowest BCUT2D eigenvalue weighted by atomic mass is 10.0. The number of nitrogens with one attached hydrogen (secondary N) is 1. The number of benzene rings is 1. The monoisotopic (exact) mass is 583 g/mol. The van der Waals surface area contributed by atoms with Crippen molar-refractivity contribution in [3.8, 4) is 11.8 Å². The normalized spacial score (nSPS) is 14.7. The van der Waals surface area contributed by atoms with Crippen LogP contribution in [0.15, 0.2) is 48.8 Å². The first kappa shape index (κ1) is 29.1. The van der Waals surface area contributed by atoms with Crippen LogP contribution in [0.25, 0.3) is 5.65 Å². The van der Waals surface area contributed by atoms with E-state index in [0.717, 1.165) is 19.2 Å². The Balaban J connectivity index is 1.38. The van der Waals surface area contributed by atoms with Gasteiger partial charge in [0.2, 0.25) is 0 Å². The molecule has 0 radical (unpaired) electrons. The number of hydrogen-bond donors (Lipinski definition) is 1. The third-order valence-electron chi connectivity index (χ3n) is 6.95. The molecule has 0 bridgehead atoms. The molecule has 1 aromatic carbocycles. The molecule has 0 spiro atoms. The molecule has 1 fully saturated rings. The quantitative estimate of drug-likeness (QED) is 0.269. The Labute approximate surface area is 238 Å². The van der Waals surface area contributed by atoms with Crippen LogP contribution in [0.3, 0.4) is 0 Å². The van der Waals surface area contributed by atoms with Gasteiger partial charge in [-0.25, -0.2) is 18.3 Å². The van der Waals surface area contributed by atoms with E-state index in [0.29, 0.717) is 18.8 Å². The second-order valence-corrected chi connectivity index (χ2v) is 9.95. The van der Waals surface area contributed by atoms with Crippen molar-refractivity contribution in [2.24, 2.45) is 0 Å². The lowest BCUT2D eigenvalue weighted by Gasteiger charge is -2.33. The Kier molecular flexibility index (Phi) is 8.20. The van der Waals surface area contributed by atoms with E-state index < -0.39 is 29.8 Å². The average molecular weight is 584 g/mol. The summed E-state index contributed by atoms with van der Waals surface area (Å²) in [7, 11) is 1.97. The van der Waals surface area contributed by atoms with E-state index >= 15 is 0 Å². The van der Waals surface area contributed by atoms with E-state index in [1.807, 2.05) is 11.9 Å². The molecule has 0 saturated carbocycles. The van der Waals surface area contributed by atoms with Crippen molar-refractivity contribution in [2.45, 2.75) is 26.1 Å². The molecule has 218 valence electrons. The molecule has 5 rings (SSSR count). The van der Waals surface area contributed by atoms with E-state index in [-0.39, 0.29) is 40.3 Å². The first-order valence-corrected chi connectivity index (χ1v) is 13.0. The lowest BCUT2D eigenvalue weighted by Crippen LogP contribution is -2.44. The minimum atomic E-state index is -4.61. The smallest absolute Gasteiger partial charge is 0.322 e. The molecule has 4 aromatic rings. The lowest BCUT2D eigenvalue weighted by molar-refractivity contribution is -0.138. The average Bonchev–Trinajstić information content (AvgIpc) is 3.33. The molecule has 0 aliphatic carbocycles. The predicted octanol–water partition coefficient (Wildman–Crippen LogP) is 4.79. The number of likely N-dealkylation sites (N-methyl/N-ethyl adjacent to an activating group) is 1. The van der Waals surface area contributed by atoms with Crippen molar-refractivity contribution in [3.05, 3.63) is 88.1 Å². The van der Waals surface area contributed by atoms with Crippen molar-refractivity contribution in [1.29, 1.82) is 0 Å². The van der Waals surface area contributed by atoms with Crippen molar-refractivity contribution in [3.63, 3.8) is 0 Å². The highest BCUT2D eigenvalue weighted by Gasteiger charge is 2.34. The summed E-state index contributed by atoms with van der Waals surface area (Å²) in [5.74, 6) is 4.72.